The standard InChI is InChI=1S/C16H22OS/c1-13(2)12-16-9-7-15(8-10-16)6-4-5-11-18-14(3)17/h4,6-10,13H,5,11-12H2,1-3H3. The summed E-state index contributed by atoms with van der Waals surface area (Å²) in [5, 5.41) is 0.196. The van der Waals surface area contributed by atoms with Crippen LogP contribution < -0.4 is 0 Å². The summed E-state index contributed by atoms with van der Waals surface area (Å²) in [5.41, 5.74) is 2.63. The first-order chi connectivity index (χ1) is 8.58. The SMILES string of the molecule is CC(=O)SCCC=Cc1ccc(CC(C)C)cc1. The highest BCUT2D eigenvalue weighted by Crippen LogP contribution is 2.11. The van der Waals surface area contributed by atoms with E-state index in [9.17, 15) is 4.79 Å². The van der Waals surface area contributed by atoms with Crippen molar-refractivity contribution in [2.75, 3.05) is 5.75 Å². The van der Waals surface area contributed by atoms with Gasteiger partial charge in [-0.15, -0.1) is 0 Å². The molecule has 1 aromatic rings. The second-order valence-corrected chi connectivity index (χ2v) is 6.14. The third kappa shape index (κ3) is 6.65. The Balaban J connectivity index is 2.38. The maximum atomic E-state index is 10.7. The second-order valence-electron chi connectivity index (χ2n) is 4.87. The lowest BCUT2D eigenvalue weighted by Gasteiger charge is -2.04. The third-order valence-corrected chi connectivity index (χ3v) is 3.37. The molecule has 0 saturated carbocycles. The molecule has 0 fully saturated rings. The molecule has 98 valence electrons. The van der Waals surface area contributed by atoms with E-state index in [1.54, 1.807) is 6.92 Å². The summed E-state index contributed by atoms with van der Waals surface area (Å²) < 4.78 is 0. The highest BCUT2D eigenvalue weighted by molar-refractivity contribution is 8.13. The van der Waals surface area contributed by atoms with Crippen LogP contribution in [-0.4, -0.2) is 10.9 Å². The second kappa shape index (κ2) is 8.15. The lowest BCUT2D eigenvalue weighted by atomic mass is 10.0. The Hall–Kier alpha value is -1.02. The molecule has 0 aliphatic heterocycles. The highest BCUT2D eigenvalue weighted by atomic mass is 32.2. The zero-order valence-corrected chi connectivity index (χ0v) is 12.3. The van der Waals surface area contributed by atoms with Crippen molar-refractivity contribution in [3.63, 3.8) is 0 Å². The summed E-state index contributed by atoms with van der Waals surface area (Å²) in [6.07, 6.45) is 6.34. The molecule has 0 spiro atoms. The Morgan fingerprint density at radius 1 is 1.28 bits per heavy atom. The van der Waals surface area contributed by atoms with Crippen LogP contribution in [0.4, 0.5) is 0 Å². The van der Waals surface area contributed by atoms with Crippen molar-refractivity contribution >= 4 is 23.0 Å². The number of allylic oxidation sites excluding steroid dienone is 1. The van der Waals surface area contributed by atoms with Gasteiger partial charge in [-0.2, -0.15) is 0 Å². The average Bonchev–Trinajstić information content (AvgIpc) is 2.30. The number of carbonyl (C=O) groups excluding carboxylic acids is 1. The van der Waals surface area contributed by atoms with Gasteiger partial charge in [0.05, 0.1) is 0 Å². The molecular weight excluding hydrogens is 240 g/mol. The van der Waals surface area contributed by atoms with E-state index in [-0.39, 0.29) is 5.12 Å². The van der Waals surface area contributed by atoms with Crippen molar-refractivity contribution in [2.24, 2.45) is 5.92 Å². The van der Waals surface area contributed by atoms with Gasteiger partial charge in [0.25, 0.3) is 0 Å². The molecule has 0 radical (unpaired) electrons. The lowest BCUT2D eigenvalue weighted by molar-refractivity contribution is -0.109. The molecule has 0 atom stereocenters. The Labute approximate surface area is 115 Å². The van der Waals surface area contributed by atoms with Crippen molar-refractivity contribution in [1.29, 1.82) is 0 Å². The van der Waals surface area contributed by atoms with E-state index >= 15 is 0 Å². The Morgan fingerprint density at radius 3 is 2.50 bits per heavy atom. The van der Waals surface area contributed by atoms with Crippen molar-refractivity contribution in [1.82, 2.24) is 0 Å². The number of hydrogen-bond donors (Lipinski definition) is 0. The summed E-state index contributed by atoms with van der Waals surface area (Å²) >= 11 is 1.39. The predicted molar refractivity (Wildman–Crippen MR) is 81.8 cm³/mol. The molecule has 0 aliphatic carbocycles. The predicted octanol–water partition coefficient (Wildman–Crippen LogP) is 4.57. The number of hydrogen-bond acceptors (Lipinski definition) is 2. The van der Waals surface area contributed by atoms with Crippen molar-refractivity contribution in [3.05, 3.63) is 41.5 Å². The van der Waals surface area contributed by atoms with Gasteiger partial charge in [0.2, 0.25) is 0 Å². The van der Waals surface area contributed by atoms with Gasteiger partial charge in [-0.3, -0.25) is 4.79 Å². The summed E-state index contributed by atoms with van der Waals surface area (Å²) in [6.45, 7) is 6.09. The molecule has 1 nitrogen and oxygen atoms in total. The summed E-state index contributed by atoms with van der Waals surface area (Å²) in [4.78, 5) is 10.7. The Bertz CT molecular complexity index is 390. The van der Waals surface area contributed by atoms with Crippen LogP contribution in [0.25, 0.3) is 6.08 Å². The fraction of sp³-hybridized carbons (Fsp3) is 0.438. The first-order valence-electron chi connectivity index (χ1n) is 6.47. The van der Waals surface area contributed by atoms with Gasteiger partial charge in [0, 0.05) is 12.7 Å². The molecule has 0 N–H and O–H groups in total. The fourth-order valence-corrected chi connectivity index (χ4v) is 2.27. The van der Waals surface area contributed by atoms with Crippen LogP contribution in [0, 0.1) is 5.92 Å². The van der Waals surface area contributed by atoms with E-state index in [0.29, 0.717) is 5.92 Å². The zero-order chi connectivity index (χ0) is 13.4. The topological polar surface area (TPSA) is 17.1 Å². The molecule has 0 aliphatic rings. The van der Waals surface area contributed by atoms with Crippen LogP contribution in [0.3, 0.4) is 0 Å². The Kier molecular flexibility index (Phi) is 6.81. The van der Waals surface area contributed by atoms with Gasteiger partial charge in [0.15, 0.2) is 5.12 Å². The largest absolute Gasteiger partial charge is 0.288 e. The monoisotopic (exact) mass is 262 g/mol. The first-order valence-corrected chi connectivity index (χ1v) is 7.45. The number of rotatable bonds is 6. The van der Waals surface area contributed by atoms with Gasteiger partial charge >= 0.3 is 0 Å². The van der Waals surface area contributed by atoms with Gasteiger partial charge in [-0.05, 0) is 29.9 Å². The van der Waals surface area contributed by atoms with Gasteiger partial charge in [-0.1, -0.05) is 62.0 Å². The molecule has 2 heteroatoms. The first kappa shape index (κ1) is 15.0. The molecule has 0 saturated heterocycles. The minimum Gasteiger partial charge on any atom is -0.288 e. The van der Waals surface area contributed by atoms with Crippen LogP contribution in [-0.2, 0) is 11.2 Å². The van der Waals surface area contributed by atoms with Gasteiger partial charge < -0.3 is 0 Å². The van der Waals surface area contributed by atoms with Crippen molar-refractivity contribution < 1.29 is 4.79 Å². The lowest BCUT2D eigenvalue weighted by Crippen LogP contribution is -1.93. The van der Waals surface area contributed by atoms with Crippen molar-refractivity contribution in [2.45, 2.75) is 33.6 Å². The molecule has 0 heterocycles. The average molecular weight is 262 g/mol. The van der Waals surface area contributed by atoms with Crippen LogP contribution in [0.15, 0.2) is 30.3 Å². The fourth-order valence-electron chi connectivity index (χ4n) is 1.73. The molecule has 0 unspecified atom stereocenters. The van der Waals surface area contributed by atoms with Crippen LogP contribution in [0.1, 0.15) is 38.3 Å². The Morgan fingerprint density at radius 2 is 1.94 bits per heavy atom. The summed E-state index contributed by atoms with van der Waals surface area (Å²) in [7, 11) is 0. The number of benzene rings is 1. The smallest absolute Gasteiger partial charge is 0.185 e. The van der Waals surface area contributed by atoms with E-state index in [1.807, 2.05) is 0 Å². The van der Waals surface area contributed by atoms with Crippen LogP contribution >= 0.6 is 11.8 Å². The molecule has 0 bridgehead atoms. The van der Waals surface area contributed by atoms with E-state index in [0.717, 1.165) is 18.6 Å². The third-order valence-electron chi connectivity index (χ3n) is 2.52. The molecule has 1 aromatic carbocycles. The number of carbonyl (C=O) groups is 1. The van der Waals surface area contributed by atoms with Gasteiger partial charge in [-0.25, -0.2) is 0 Å². The molecule has 0 aromatic heterocycles. The van der Waals surface area contributed by atoms with E-state index in [2.05, 4.69) is 50.3 Å². The molecule has 1 rings (SSSR count). The zero-order valence-electron chi connectivity index (χ0n) is 11.5. The molecular formula is C16H22OS. The van der Waals surface area contributed by atoms with Gasteiger partial charge in [0.1, 0.15) is 0 Å². The maximum Gasteiger partial charge on any atom is 0.185 e. The van der Waals surface area contributed by atoms with Crippen molar-refractivity contribution in [3.8, 4) is 0 Å². The van der Waals surface area contributed by atoms with E-state index in [4.69, 9.17) is 0 Å². The van der Waals surface area contributed by atoms with Crippen LogP contribution in [0.2, 0.25) is 0 Å². The quantitative estimate of drug-likeness (QED) is 0.699. The normalized spacial score (nSPS) is 11.3. The minimum absolute atomic E-state index is 0.196. The molecule has 0 amide bonds. The molecule has 18 heavy (non-hydrogen) atoms. The summed E-state index contributed by atoms with van der Waals surface area (Å²) in [5.74, 6) is 1.58. The summed E-state index contributed by atoms with van der Waals surface area (Å²) in [6, 6.07) is 8.71. The minimum atomic E-state index is 0.196. The van der Waals surface area contributed by atoms with E-state index in [1.165, 1.54) is 22.9 Å². The van der Waals surface area contributed by atoms with E-state index < -0.39 is 0 Å². The number of thioether (sulfide) groups is 1. The highest BCUT2D eigenvalue weighted by Gasteiger charge is 1.97. The maximum absolute atomic E-state index is 10.7. The van der Waals surface area contributed by atoms with Crippen LogP contribution in [0.5, 0.6) is 0 Å².